The van der Waals surface area contributed by atoms with E-state index in [2.05, 4.69) is 5.32 Å². The molecule has 2 nitrogen and oxygen atoms in total. The summed E-state index contributed by atoms with van der Waals surface area (Å²) in [7, 11) is 0. The molecule has 3 aliphatic carbocycles. The van der Waals surface area contributed by atoms with Crippen molar-refractivity contribution in [3.8, 4) is 0 Å². The summed E-state index contributed by atoms with van der Waals surface area (Å²) in [6.07, 6.45) is 10.8. The number of aryl methyl sites for hydroxylation is 2. The number of fused-ring (bicyclic) bond motifs is 1. The fraction of sp³-hybridized carbons (Fsp3) is 0.786. The van der Waals surface area contributed by atoms with E-state index in [0.717, 1.165) is 12.0 Å². The van der Waals surface area contributed by atoms with Gasteiger partial charge in [0, 0.05) is 10.9 Å². The van der Waals surface area contributed by atoms with Crippen molar-refractivity contribution in [2.75, 3.05) is 0 Å². The van der Waals surface area contributed by atoms with E-state index in [1.54, 1.807) is 4.88 Å². The SMILES string of the molecule is C1CCc2sc(C(NC3CC3)C3CC3)nc2C1. The van der Waals surface area contributed by atoms with Crippen LogP contribution in [0.4, 0.5) is 0 Å². The number of aromatic nitrogens is 1. The Bertz CT molecular complexity index is 394. The second-order valence-corrected chi connectivity index (χ2v) is 7.00. The molecule has 1 atom stereocenters. The quantitative estimate of drug-likeness (QED) is 0.885. The summed E-state index contributed by atoms with van der Waals surface area (Å²) in [4.78, 5) is 6.54. The van der Waals surface area contributed by atoms with Gasteiger partial charge in [0.1, 0.15) is 5.01 Å². The summed E-state index contributed by atoms with van der Waals surface area (Å²) in [6, 6.07) is 1.40. The van der Waals surface area contributed by atoms with Crippen molar-refractivity contribution in [3.63, 3.8) is 0 Å². The highest BCUT2D eigenvalue weighted by molar-refractivity contribution is 7.11. The van der Waals surface area contributed by atoms with Crippen LogP contribution in [-0.4, -0.2) is 11.0 Å². The first kappa shape index (κ1) is 10.5. The van der Waals surface area contributed by atoms with Gasteiger partial charge >= 0.3 is 0 Å². The molecular formula is C14H20N2S. The molecule has 1 aromatic rings. The Labute approximate surface area is 107 Å². The van der Waals surface area contributed by atoms with E-state index in [4.69, 9.17) is 4.98 Å². The Hall–Kier alpha value is -0.410. The zero-order chi connectivity index (χ0) is 11.2. The van der Waals surface area contributed by atoms with Crippen LogP contribution in [0.25, 0.3) is 0 Å². The third kappa shape index (κ3) is 2.15. The number of nitrogens with zero attached hydrogens (tertiary/aromatic N) is 1. The third-order valence-corrected chi connectivity index (χ3v) is 5.45. The Morgan fingerprint density at radius 3 is 2.65 bits per heavy atom. The van der Waals surface area contributed by atoms with Crippen LogP contribution in [0.2, 0.25) is 0 Å². The Kier molecular flexibility index (Phi) is 2.51. The van der Waals surface area contributed by atoms with Gasteiger partial charge in [-0.1, -0.05) is 0 Å². The Balaban J connectivity index is 1.59. The highest BCUT2D eigenvalue weighted by atomic mass is 32.1. The molecule has 0 aliphatic heterocycles. The molecule has 3 heteroatoms. The molecule has 92 valence electrons. The van der Waals surface area contributed by atoms with Crippen LogP contribution < -0.4 is 5.32 Å². The fourth-order valence-electron chi connectivity index (χ4n) is 2.85. The van der Waals surface area contributed by atoms with Gasteiger partial charge in [-0.05, 0) is 57.3 Å². The molecule has 0 bridgehead atoms. The Morgan fingerprint density at radius 1 is 1.12 bits per heavy atom. The maximum absolute atomic E-state index is 4.95. The average Bonchev–Trinajstić information content (AvgIpc) is 3.23. The lowest BCUT2D eigenvalue weighted by atomic mass is 10.0. The zero-order valence-corrected chi connectivity index (χ0v) is 11.1. The molecular weight excluding hydrogens is 228 g/mol. The third-order valence-electron chi connectivity index (χ3n) is 4.21. The van der Waals surface area contributed by atoms with Crippen LogP contribution in [0, 0.1) is 5.92 Å². The summed E-state index contributed by atoms with van der Waals surface area (Å²) in [5.74, 6) is 0.892. The van der Waals surface area contributed by atoms with Gasteiger partial charge in [-0.25, -0.2) is 4.98 Å². The summed E-state index contributed by atoms with van der Waals surface area (Å²) < 4.78 is 0. The van der Waals surface area contributed by atoms with Crippen LogP contribution in [0.1, 0.15) is 60.1 Å². The number of rotatable bonds is 4. The molecule has 1 heterocycles. The number of hydrogen-bond donors (Lipinski definition) is 1. The molecule has 3 aliphatic rings. The van der Waals surface area contributed by atoms with Crippen molar-refractivity contribution in [3.05, 3.63) is 15.6 Å². The van der Waals surface area contributed by atoms with Gasteiger partial charge in [0.05, 0.1) is 11.7 Å². The average molecular weight is 248 g/mol. The molecule has 1 N–H and O–H groups in total. The lowest BCUT2D eigenvalue weighted by molar-refractivity contribution is 0.475. The summed E-state index contributed by atoms with van der Waals surface area (Å²) in [5, 5.41) is 5.23. The van der Waals surface area contributed by atoms with E-state index >= 15 is 0 Å². The highest BCUT2D eigenvalue weighted by Gasteiger charge is 2.38. The van der Waals surface area contributed by atoms with Crippen molar-refractivity contribution in [2.45, 2.75) is 63.5 Å². The van der Waals surface area contributed by atoms with Crippen molar-refractivity contribution in [1.29, 1.82) is 0 Å². The first-order chi connectivity index (χ1) is 8.40. The van der Waals surface area contributed by atoms with Crippen molar-refractivity contribution >= 4 is 11.3 Å². The van der Waals surface area contributed by atoms with E-state index < -0.39 is 0 Å². The Morgan fingerprint density at radius 2 is 1.94 bits per heavy atom. The molecule has 0 amide bonds. The molecule has 2 saturated carbocycles. The number of hydrogen-bond acceptors (Lipinski definition) is 3. The normalized spacial score (nSPS) is 25.6. The van der Waals surface area contributed by atoms with Crippen LogP contribution in [0.5, 0.6) is 0 Å². The van der Waals surface area contributed by atoms with Crippen LogP contribution >= 0.6 is 11.3 Å². The van der Waals surface area contributed by atoms with Gasteiger partial charge in [-0.15, -0.1) is 11.3 Å². The maximum Gasteiger partial charge on any atom is 0.110 e. The van der Waals surface area contributed by atoms with Gasteiger partial charge in [0.2, 0.25) is 0 Å². The lowest BCUT2D eigenvalue weighted by Gasteiger charge is -2.14. The number of thiazole rings is 1. The lowest BCUT2D eigenvalue weighted by Crippen LogP contribution is -2.25. The van der Waals surface area contributed by atoms with E-state index in [1.165, 1.54) is 62.1 Å². The van der Waals surface area contributed by atoms with E-state index in [-0.39, 0.29) is 0 Å². The molecule has 4 rings (SSSR count). The second-order valence-electron chi connectivity index (χ2n) is 5.89. The summed E-state index contributed by atoms with van der Waals surface area (Å²) in [6.45, 7) is 0. The first-order valence-electron chi connectivity index (χ1n) is 7.14. The summed E-state index contributed by atoms with van der Waals surface area (Å²) >= 11 is 2.01. The molecule has 17 heavy (non-hydrogen) atoms. The minimum Gasteiger partial charge on any atom is -0.305 e. The first-order valence-corrected chi connectivity index (χ1v) is 7.96. The number of nitrogens with one attached hydrogen (secondary N) is 1. The van der Waals surface area contributed by atoms with Crippen molar-refractivity contribution in [1.82, 2.24) is 10.3 Å². The van der Waals surface area contributed by atoms with E-state index in [0.29, 0.717) is 6.04 Å². The van der Waals surface area contributed by atoms with Crippen molar-refractivity contribution < 1.29 is 0 Å². The minimum atomic E-state index is 0.595. The largest absolute Gasteiger partial charge is 0.305 e. The molecule has 1 unspecified atom stereocenters. The van der Waals surface area contributed by atoms with Crippen LogP contribution in [0.3, 0.4) is 0 Å². The fourth-order valence-corrected chi connectivity index (χ4v) is 4.16. The highest BCUT2D eigenvalue weighted by Crippen LogP contribution is 2.44. The molecule has 0 radical (unpaired) electrons. The molecule has 0 aromatic carbocycles. The van der Waals surface area contributed by atoms with E-state index in [1.807, 2.05) is 11.3 Å². The maximum atomic E-state index is 4.95. The molecule has 1 aromatic heterocycles. The van der Waals surface area contributed by atoms with Gasteiger partial charge in [0.15, 0.2) is 0 Å². The molecule has 0 saturated heterocycles. The van der Waals surface area contributed by atoms with Crippen LogP contribution in [0.15, 0.2) is 0 Å². The zero-order valence-electron chi connectivity index (χ0n) is 10.2. The molecule has 2 fully saturated rings. The predicted octanol–water partition coefficient (Wildman–Crippen LogP) is 3.23. The monoisotopic (exact) mass is 248 g/mol. The molecule has 0 spiro atoms. The van der Waals surface area contributed by atoms with E-state index in [9.17, 15) is 0 Å². The van der Waals surface area contributed by atoms with Gasteiger partial charge in [0.25, 0.3) is 0 Å². The smallest absolute Gasteiger partial charge is 0.110 e. The predicted molar refractivity (Wildman–Crippen MR) is 70.4 cm³/mol. The second kappa shape index (κ2) is 4.06. The topological polar surface area (TPSA) is 24.9 Å². The standard InChI is InChI=1S/C14H20N2S/c1-2-4-12-11(3-1)16-14(17-12)13(9-5-6-9)15-10-7-8-10/h9-10,13,15H,1-8H2. The van der Waals surface area contributed by atoms with Crippen LogP contribution in [-0.2, 0) is 12.8 Å². The summed E-state index contributed by atoms with van der Waals surface area (Å²) in [5.41, 5.74) is 1.43. The van der Waals surface area contributed by atoms with Crippen molar-refractivity contribution in [2.24, 2.45) is 5.92 Å². The van der Waals surface area contributed by atoms with Gasteiger partial charge < -0.3 is 5.32 Å². The van der Waals surface area contributed by atoms with Gasteiger partial charge in [-0.3, -0.25) is 0 Å². The van der Waals surface area contributed by atoms with Gasteiger partial charge in [-0.2, -0.15) is 0 Å². The minimum absolute atomic E-state index is 0.595.